The van der Waals surface area contributed by atoms with Gasteiger partial charge in [0, 0.05) is 18.0 Å². The van der Waals surface area contributed by atoms with Crippen molar-refractivity contribution in [2.24, 2.45) is 0 Å². The molecule has 1 N–H and O–H groups in total. The minimum absolute atomic E-state index is 0.109. The van der Waals surface area contributed by atoms with Crippen molar-refractivity contribution in [3.05, 3.63) is 70.3 Å². The highest BCUT2D eigenvalue weighted by Crippen LogP contribution is 2.29. The molecule has 2 amide bonds. The van der Waals surface area contributed by atoms with Crippen LogP contribution in [0.3, 0.4) is 0 Å². The van der Waals surface area contributed by atoms with Crippen molar-refractivity contribution in [2.75, 3.05) is 25.0 Å². The number of nitrogens with zero attached hydrogens (tertiary/aromatic N) is 3. The van der Waals surface area contributed by atoms with Crippen LogP contribution in [0.15, 0.2) is 54.6 Å². The Morgan fingerprint density at radius 3 is 2.40 bits per heavy atom. The Kier molecular flexibility index (Phi) is 8.81. The maximum atomic E-state index is 13.0. The van der Waals surface area contributed by atoms with Gasteiger partial charge in [-0.3, -0.25) is 9.59 Å². The first-order valence-corrected chi connectivity index (χ1v) is 12.2. The summed E-state index contributed by atoms with van der Waals surface area (Å²) >= 11 is 12.3. The first kappa shape index (κ1) is 26.6. The van der Waals surface area contributed by atoms with Crippen LogP contribution < -0.4 is 10.1 Å². The minimum Gasteiger partial charge on any atom is -0.484 e. The molecule has 7 nitrogen and oxygen atoms in total. The summed E-state index contributed by atoms with van der Waals surface area (Å²) in [4.78, 5) is 27.3. The van der Waals surface area contributed by atoms with E-state index in [1.54, 1.807) is 35.0 Å². The number of hydrogen-bond acceptors (Lipinski definition) is 4. The highest BCUT2D eigenvalue weighted by molar-refractivity contribution is 6.42. The van der Waals surface area contributed by atoms with Gasteiger partial charge in [0.2, 0.25) is 5.91 Å². The predicted octanol–water partition coefficient (Wildman–Crippen LogP) is 5.73. The van der Waals surface area contributed by atoms with Crippen LogP contribution in [0.5, 0.6) is 5.75 Å². The van der Waals surface area contributed by atoms with E-state index in [0.717, 1.165) is 5.69 Å². The number of nitrogens with one attached hydrogen (secondary N) is 1. The third-order valence-corrected chi connectivity index (χ3v) is 5.92. The van der Waals surface area contributed by atoms with Crippen LogP contribution in [-0.2, 0) is 15.0 Å². The molecular weight excluding hydrogens is 487 g/mol. The molecule has 0 aliphatic heterocycles. The molecule has 1 aromatic heterocycles. The molecule has 0 atom stereocenters. The lowest BCUT2D eigenvalue weighted by Crippen LogP contribution is -2.41. The summed E-state index contributed by atoms with van der Waals surface area (Å²) in [6.07, 6.45) is 0.708. The molecule has 0 saturated carbocycles. The predicted molar refractivity (Wildman–Crippen MR) is 140 cm³/mol. The van der Waals surface area contributed by atoms with Crippen LogP contribution in [0.2, 0.25) is 10.0 Å². The Hall–Kier alpha value is -3.03. The van der Waals surface area contributed by atoms with E-state index in [-0.39, 0.29) is 30.4 Å². The normalized spacial score (nSPS) is 11.3. The van der Waals surface area contributed by atoms with Gasteiger partial charge in [-0.1, -0.05) is 69.1 Å². The van der Waals surface area contributed by atoms with Gasteiger partial charge in [0.25, 0.3) is 5.91 Å². The Bertz CT molecular complexity index is 1170. The summed E-state index contributed by atoms with van der Waals surface area (Å²) in [5.41, 5.74) is 1.19. The number of ether oxygens (including phenoxy) is 1. The van der Waals surface area contributed by atoms with Crippen molar-refractivity contribution >= 4 is 40.8 Å². The number of hydrogen-bond donors (Lipinski definition) is 1. The van der Waals surface area contributed by atoms with E-state index in [2.05, 4.69) is 10.4 Å². The molecule has 35 heavy (non-hydrogen) atoms. The Balaban J connectivity index is 1.77. The Labute approximate surface area is 216 Å². The minimum atomic E-state index is -0.340. The van der Waals surface area contributed by atoms with E-state index < -0.39 is 0 Å². The largest absolute Gasteiger partial charge is 0.484 e. The van der Waals surface area contributed by atoms with Gasteiger partial charge in [-0.05, 0) is 36.8 Å². The lowest BCUT2D eigenvalue weighted by molar-refractivity contribution is -0.136. The summed E-state index contributed by atoms with van der Waals surface area (Å²) in [5, 5.41) is 8.40. The molecule has 2 aromatic carbocycles. The summed E-state index contributed by atoms with van der Waals surface area (Å²) in [6, 6.07) is 16.1. The third kappa shape index (κ3) is 7.23. The van der Waals surface area contributed by atoms with E-state index in [1.165, 1.54) is 4.90 Å². The van der Waals surface area contributed by atoms with Gasteiger partial charge in [-0.15, -0.1) is 0 Å². The highest BCUT2D eigenvalue weighted by atomic mass is 35.5. The van der Waals surface area contributed by atoms with Crippen LogP contribution >= 0.6 is 23.2 Å². The summed E-state index contributed by atoms with van der Waals surface area (Å²) in [5.74, 6) is 0.470. The molecule has 0 aliphatic carbocycles. The zero-order chi connectivity index (χ0) is 25.6. The number of para-hydroxylation sites is 1. The molecule has 0 spiro atoms. The number of carbonyl (C=O) groups excluding carboxylic acids is 2. The fourth-order valence-corrected chi connectivity index (χ4v) is 3.61. The molecule has 0 aliphatic rings. The Morgan fingerprint density at radius 2 is 1.77 bits per heavy atom. The molecule has 0 saturated heterocycles. The van der Waals surface area contributed by atoms with Crippen LogP contribution in [0.25, 0.3) is 5.69 Å². The smallest absolute Gasteiger partial charge is 0.260 e. The fraction of sp³-hybridized carbons (Fsp3) is 0.346. The molecule has 186 valence electrons. The molecule has 9 heteroatoms. The van der Waals surface area contributed by atoms with Crippen LogP contribution in [0.4, 0.5) is 5.82 Å². The van der Waals surface area contributed by atoms with Gasteiger partial charge < -0.3 is 15.0 Å². The number of aromatic nitrogens is 2. The van der Waals surface area contributed by atoms with Gasteiger partial charge in [0.1, 0.15) is 18.1 Å². The topological polar surface area (TPSA) is 76.5 Å². The maximum absolute atomic E-state index is 13.0. The van der Waals surface area contributed by atoms with Gasteiger partial charge in [-0.2, -0.15) is 5.10 Å². The summed E-state index contributed by atoms with van der Waals surface area (Å²) < 4.78 is 7.19. The van der Waals surface area contributed by atoms with Crippen molar-refractivity contribution in [3.63, 3.8) is 0 Å². The number of anilines is 1. The monoisotopic (exact) mass is 516 g/mol. The van der Waals surface area contributed by atoms with Crippen LogP contribution in [-0.4, -0.2) is 46.2 Å². The number of benzene rings is 2. The molecule has 0 radical (unpaired) electrons. The lowest BCUT2D eigenvalue weighted by Gasteiger charge is -2.22. The van der Waals surface area contributed by atoms with Gasteiger partial charge >= 0.3 is 0 Å². The molecule has 0 fully saturated rings. The van der Waals surface area contributed by atoms with E-state index >= 15 is 0 Å². The van der Waals surface area contributed by atoms with E-state index in [0.29, 0.717) is 40.3 Å². The van der Waals surface area contributed by atoms with Crippen molar-refractivity contribution in [1.82, 2.24) is 14.7 Å². The quantitative estimate of drug-likeness (QED) is 0.393. The van der Waals surface area contributed by atoms with Crippen molar-refractivity contribution in [1.29, 1.82) is 0 Å². The zero-order valence-electron chi connectivity index (χ0n) is 20.3. The maximum Gasteiger partial charge on any atom is 0.260 e. The molecule has 1 heterocycles. The molecule has 0 unspecified atom stereocenters. The molecule has 3 aromatic rings. The highest BCUT2D eigenvalue weighted by Gasteiger charge is 2.23. The number of carbonyl (C=O) groups is 2. The summed E-state index contributed by atoms with van der Waals surface area (Å²) in [6.45, 7) is 8.24. The lowest BCUT2D eigenvalue weighted by atomic mass is 9.92. The van der Waals surface area contributed by atoms with Gasteiger partial charge in [-0.25, -0.2) is 4.68 Å². The summed E-state index contributed by atoms with van der Waals surface area (Å²) in [7, 11) is 0. The first-order valence-electron chi connectivity index (χ1n) is 11.4. The second-order valence-corrected chi connectivity index (χ2v) is 9.95. The second-order valence-electron chi connectivity index (χ2n) is 9.14. The second kappa shape index (κ2) is 11.6. The molecule has 3 rings (SSSR count). The van der Waals surface area contributed by atoms with Crippen LogP contribution in [0, 0.1) is 0 Å². The standard InChI is InChI=1S/C26H30Cl2N4O3/c1-5-13-31(25(34)17-35-19-9-7-6-8-10-19)16-24(33)29-23-15-22(26(2,3)4)30-32(23)18-11-12-20(27)21(28)14-18/h6-12,14-15H,5,13,16-17H2,1-4H3,(H,29,33). The van der Waals surface area contributed by atoms with Crippen molar-refractivity contribution < 1.29 is 14.3 Å². The van der Waals surface area contributed by atoms with Gasteiger partial charge in [0.05, 0.1) is 21.4 Å². The molecular formula is C26H30Cl2N4O3. The van der Waals surface area contributed by atoms with E-state index in [9.17, 15) is 9.59 Å². The van der Waals surface area contributed by atoms with Crippen LogP contribution in [0.1, 0.15) is 39.8 Å². The number of amides is 2. The molecule has 0 bridgehead atoms. The van der Waals surface area contributed by atoms with Crippen molar-refractivity contribution in [3.8, 4) is 11.4 Å². The van der Waals surface area contributed by atoms with Crippen molar-refractivity contribution in [2.45, 2.75) is 39.5 Å². The average Bonchev–Trinajstić information content (AvgIpc) is 3.24. The van der Waals surface area contributed by atoms with E-state index in [1.807, 2.05) is 52.0 Å². The average molecular weight is 517 g/mol. The fourth-order valence-electron chi connectivity index (χ4n) is 3.32. The number of rotatable bonds is 9. The zero-order valence-corrected chi connectivity index (χ0v) is 21.9. The third-order valence-electron chi connectivity index (χ3n) is 5.18. The Morgan fingerprint density at radius 1 is 1.06 bits per heavy atom. The van der Waals surface area contributed by atoms with E-state index in [4.69, 9.17) is 27.9 Å². The first-order chi connectivity index (χ1) is 16.6. The SMILES string of the molecule is CCCN(CC(=O)Nc1cc(C(C)(C)C)nn1-c1ccc(Cl)c(Cl)c1)C(=O)COc1ccccc1. The van der Waals surface area contributed by atoms with Gasteiger partial charge in [0.15, 0.2) is 6.61 Å². The number of halogens is 2.